The molecule has 1 aromatic heterocycles. The Morgan fingerprint density at radius 2 is 1.50 bits per heavy atom. The van der Waals surface area contributed by atoms with Gasteiger partial charge in [-0.15, -0.1) is 0 Å². The third-order valence-corrected chi connectivity index (χ3v) is 5.24. The molecule has 166 valence electrons. The minimum absolute atomic E-state index is 0.312. The number of methoxy groups -OCH3 is 2. The van der Waals surface area contributed by atoms with Crippen molar-refractivity contribution < 1.29 is 23.9 Å². The highest BCUT2D eigenvalue weighted by Crippen LogP contribution is 2.40. The van der Waals surface area contributed by atoms with Gasteiger partial charge in [-0.05, 0) is 31.0 Å². The SMILES string of the molecule is COC(=O)C(Oc1ncccc1[N+](=O)[O-])C(OC)(c1ccc(C)cc1)c1ccc(C)cc1. The van der Waals surface area contributed by atoms with Gasteiger partial charge in [-0.2, -0.15) is 0 Å². The second-order valence-electron chi connectivity index (χ2n) is 7.28. The molecule has 32 heavy (non-hydrogen) atoms. The van der Waals surface area contributed by atoms with Crippen LogP contribution in [0.5, 0.6) is 5.88 Å². The molecule has 1 unspecified atom stereocenters. The third kappa shape index (κ3) is 4.31. The molecule has 0 aliphatic heterocycles. The molecule has 0 saturated heterocycles. The summed E-state index contributed by atoms with van der Waals surface area (Å²) in [7, 11) is 2.67. The zero-order chi connectivity index (χ0) is 23.3. The molecule has 0 bridgehead atoms. The van der Waals surface area contributed by atoms with E-state index in [0.717, 1.165) is 11.1 Å². The number of esters is 1. The van der Waals surface area contributed by atoms with Crippen LogP contribution in [0.25, 0.3) is 0 Å². The average molecular weight is 436 g/mol. The highest BCUT2D eigenvalue weighted by molar-refractivity contribution is 5.78. The Balaban J connectivity index is 2.27. The van der Waals surface area contributed by atoms with E-state index < -0.39 is 22.6 Å². The fraction of sp³-hybridized carbons (Fsp3) is 0.250. The van der Waals surface area contributed by atoms with Crippen molar-refractivity contribution in [1.29, 1.82) is 0 Å². The Hall–Kier alpha value is -3.78. The summed E-state index contributed by atoms with van der Waals surface area (Å²) in [5.41, 5.74) is 1.41. The van der Waals surface area contributed by atoms with Crippen molar-refractivity contribution in [2.24, 2.45) is 0 Å². The van der Waals surface area contributed by atoms with E-state index in [1.54, 1.807) is 0 Å². The van der Waals surface area contributed by atoms with E-state index in [4.69, 9.17) is 14.2 Å². The molecule has 2 aromatic carbocycles. The summed E-state index contributed by atoms with van der Waals surface area (Å²) < 4.78 is 17.0. The highest BCUT2D eigenvalue weighted by atomic mass is 16.6. The molecule has 0 aliphatic carbocycles. The van der Waals surface area contributed by atoms with E-state index in [9.17, 15) is 14.9 Å². The number of aryl methyl sites for hydroxylation is 2. The molecule has 0 saturated carbocycles. The number of carbonyl (C=O) groups is 1. The van der Waals surface area contributed by atoms with Gasteiger partial charge < -0.3 is 14.2 Å². The molecule has 0 radical (unpaired) electrons. The maximum atomic E-state index is 13.1. The second kappa shape index (κ2) is 9.57. The number of aromatic nitrogens is 1. The Morgan fingerprint density at radius 1 is 0.969 bits per heavy atom. The van der Waals surface area contributed by atoms with Crippen molar-refractivity contribution in [3.8, 4) is 5.88 Å². The van der Waals surface area contributed by atoms with Crippen LogP contribution in [0.15, 0.2) is 66.9 Å². The van der Waals surface area contributed by atoms with E-state index >= 15 is 0 Å². The van der Waals surface area contributed by atoms with Crippen molar-refractivity contribution in [2.75, 3.05) is 14.2 Å². The topological polar surface area (TPSA) is 101 Å². The van der Waals surface area contributed by atoms with E-state index in [1.807, 2.05) is 62.4 Å². The van der Waals surface area contributed by atoms with Gasteiger partial charge in [0.2, 0.25) is 6.10 Å². The summed E-state index contributed by atoms with van der Waals surface area (Å²) in [6.07, 6.45) is -0.0837. The second-order valence-corrected chi connectivity index (χ2v) is 7.28. The lowest BCUT2D eigenvalue weighted by Crippen LogP contribution is -2.51. The first-order chi connectivity index (χ1) is 15.3. The molecule has 8 nitrogen and oxygen atoms in total. The van der Waals surface area contributed by atoms with Crippen LogP contribution in [0.2, 0.25) is 0 Å². The zero-order valence-corrected chi connectivity index (χ0v) is 18.3. The van der Waals surface area contributed by atoms with Crippen LogP contribution < -0.4 is 4.74 Å². The Kier molecular flexibility index (Phi) is 6.85. The molecule has 0 fully saturated rings. The summed E-state index contributed by atoms with van der Waals surface area (Å²) in [6.45, 7) is 3.88. The van der Waals surface area contributed by atoms with Crippen molar-refractivity contribution in [3.63, 3.8) is 0 Å². The zero-order valence-electron chi connectivity index (χ0n) is 18.3. The number of nitrogens with zero attached hydrogens (tertiary/aromatic N) is 2. The molecular weight excluding hydrogens is 412 g/mol. The van der Waals surface area contributed by atoms with Gasteiger partial charge in [0.1, 0.15) is 0 Å². The minimum atomic E-state index is -1.47. The summed E-state index contributed by atoms with van der Waals surface area (Å²) in [5, 5.41) is 11.5. The summed E-state index contributed by atoms with van der Waals surface area (Å²) in [6, 6.07) is 17.5. The lowest BCUT2D eigenvalue weighted by atomic mass is 9.80. The molecule has 1 heterocycles. The van der Waals surface area contributed by atoms with Crippen molar-refractivity contribution >= 4 is 11.7 Å². The van der Waals surface area contributed by atoms with Crippen molar-refractivity contribution in [2.45, 2.75) is 25.6 Å². The maximum absolute atomic E-state index is 13.1. The molecule has 8 heteroatoms. The quantitative estimate of drug-likeness (QED) is 0.297. The Bertz CT molecular complexity index is 1050. The third-order valence-electron chi connectivity index (χ3n) is 5.24. The maximum Gasteiger partial charge on any atom is 0.350 e. The molecule has 1 atom stereocenters. The first-order valence-electron chi connectivity index (χ1n) is 9.86. The number of carbonyl (C=O) groups excluding carboxylic acids is 1. The predicted molar refractivity (Wildman–Crippen MR) is 117 cm³/mol. The predicted octanol–water partition coefficient (Wildman–Crippen LogP) is 4.12. The van der Waals surface area contributed by atoms with Crippen LogP contribution in [0.3, 0.4) is 0 Å². The molecule has 3 rings (SSSR count). The lowest BCUT2D eigenvalue weighted by Gasteiger charge is -2.38. The molecule has 0 N–H and O–H groups in total. The minimum Gasteiger partial charge on any atom is -0.466 e. The Labute approximate surface area is 185 Å². The van der Waals surface area contributed by atoms with Crippen LogP contribution in [0, 0.1) is 24.0 Å². The van der Waals surface area contributed by atoms with Gasteiger partial charge in [0.25, 0.3) is 5.88 Å². The fourth-order valence-electron chi connectivity index (χ4n) is 3.54. The summed E-state index contributed by atoms with van der Waals surface area (Å²) in [5.74, 6) is -1.08. The number of ether oxygens (including phenoxy) is 3. The average Bonchev–Trinajstić information content (AvgIpc) is 2.80. The van der Waals surface area contributed by atoms with Crippen molar-refractivity contribution in [1.82, 2.24) is 4.98 Å². The van der Waals surface area contributed by atoms with Crippen LogP contribution in [0.1, 0.15) is 22.3 Å². The van der Waals surface area contributed by atoms with Crippen LogP contribution in [-0.2, 0) is 19.9 Å². The normalized spacial score (nSPS) is 12.1. The first kappa shape index (κ1) is 22.9. The largest absolute Gasteiger partial charge is 0.466 e. The molecular formula is C24H24N2O6. The van der Waals surface area contributed by atoms with E-state index in [1.165, 1.54) is 32.5 Å². The van der Waals surface area contributed by atoms with E-state index in [-0.39, 0.29) is 11.6 Å². The smallest absolute Gasteiger partial charge is 0.350 e. The van der Waals surface area contributed by atoms with Crippen LogP contribution in [-0.4, -0.2) is 36.2 Å². The summed E-state index contributed by atoms with van der Waals surface area (Å²) >= 11 is 0. The van der Waals surface area contributed by atoms with Crippen LogP contribution >= 0.6 is 0 Å². The number of benzene rings is 2. The van der Waals surface area contributed by atoms with Gasteiger partial charge in [0.15, 0.2) is 5.60 Å². The molecule has 3 aromatic rings. The Morgan fingerprint density at radius 3 is 1.94 bits per heavy atom. The fourth-order valence-corrected chi connectivity index (χ4v) is 3.54. The summed E-state index contributed by atoms with van der Waals surface area (Å²) in [4.78, 5) is 27.9. The molecule has 0 aliphatic rings. The van der Waals surface area contributed by atoms with Gasteiger partial charge in [-0.25, -0.2) is 9.78 Å². The van der Waals surface area contributed by atoms with E-state index in [2.05, 4.69) is 4.98 Å². The van der Waals surface area contributed by atoms with Gasteiger partial charge in [0.05, 0.1) is 12.0 Å². The number of nitro groups is 1. The van der Waals surface area contributed by atoms with E-state index in [0.29, 0.717) is 11.1 Å². The standard InChI is InChI=1S/C24H24N2O6/c1-16-7-11-18(12-8-16)24(31-4,19-13-9-17(2)10-14-19)21(23(27)30-3)32-22-20(26(28)29)6-5-15-25-22/h5-15,21H,1-4H3. The van der Waals surface area contributed by atoms with Gasteiger partial charge in [-0.3, -0.25) is 10.1 Å². The number of hydrogen-bond donors (Lipinski definition) is 0. The lowest BCUT2D eigenvalue weighted by molar-refractivity contribution is -0.386. The van der Waals surface area contributed by atoms with Gasteiger partial charge in [0, 0.05) is 19.4 Å². The van der Waals surface area contributed by atoms with Crippen LogP contribution in [0.4, 0.5) is 5.69 Å². The number of rotatable bonds is 8. The monoisotopic (exact) mass is 436 g/mol. The number of pyridine rings is 1. The van der Waals surface area contributed by atoms with Gasteiger partial charge >= 0.3 is 11.7 Å². The van der Waals surface area contributed by atoms with Crippen molar-refractivity contribution in [3.05, 3.63) is 99.2 Å². The van der Waals surface area contributed by atoms with Gasteiger partial charge in [-0.1, -0.05) is 59.7 Å². The number of hydrogen-bond acceptors (Lipinski definition) is 7. The highest BCUT2D eigenvalue weighted by Gasteiger charge is 2.50. The molecule has 0 amide bonds. The first-order valence-corrected chi connectivity index (χ1v) is 9.86. The molecule has 0 spiro atoms.